The maximum absolute atomic E-state index is 13.4. The van der Waals surface area contributed by atoms with Crippen LogP contribution in [-0.4, -0.2) is 53.0 Å². The minimum absolute atomic E-state index is 0.0436. The molecule has 1 aromatic carbocycles. The summed E-state index contributed by atoms with van der Waals surface area (Å²) in [7, 11) is 0. The first-order valence-electron chi connectivity index (χ1n) is 10.3. The highest BCUT2D eigenvalue weighted by Gasteiger charge is 2.51. The van der Waals surface area contributed by atoms with Crippen molar-refractivity contribution >= 4 is 11.8 Å². The van der Waals surface area contributed by atoms with Gasteiger partial charge in [-0.3, -0.25) is 9.59 Å². The third-order valence-electron chi connectivity index (χ3n) is 6.90. The molecule has 2 amide bonds. The number of likely N-dealkylation sites (tertiary alicyclic amines) is 2. The summed E-state index contributed by atoms with van der Waals surface area (Å²) in [4.78, 5) is 29.3. The standard InChI is InChI=1S/C22H30N2O3/c1-15-7-5-6-10-18(15)21-19-13-23(20(26)14-25)11-17(19)12-24(21)22(27)16-8-3-2-4-9-16/h5-7,10,16-17,19,21,25H,2-4,8-9,11-14H2,1H3/t17-,19-,21+/m0/s1. The Hall–Kier alpha value is -1.88. The van der Waals surface area contributed by atoms with Crippen molar-refractivity contribution in [2.24, 2.45) is 17.8 Å². The summed E-state index contributed by atoms with van der Waals surface area (Å²) in [5, 5.41) is 9.24. The highest BCUT2D eigenvalue weighted by atomic mass is 16.3. The zero-order valence-corrected chi connectivity index (χ0v) is 16.1. The van der Waals surface area contributed by atoms with E-state index in [1.54, 1.807) is 4.90 Å². The summed E-state index contributed by atoms with van der Waals surface area (Å²) in [6.45, 7) is 3.70. The summed E-state index contributed by atoms with van der Waals surface area (Å²) in [5.74, 6) is 0.849. The van der Waals surface area contributed by atoms with Gasteiger partial charge in [0.1, 0.15) is 6.61 Å². The number of aliphatic hydroxyl groups excluding tert-OH is 1. The topological polar surface area (TPSA) is 60.9 Å². The van der Waals surface area contributed by atoms with Crippen LogP contribution in [0, 0.1) is 24.7 Å². The van der Waals surface area contributed by atoms with E-state index in [0.717, 1.165) is 32.2 Å². The molecule has 4 rings (SSSR count). The number of aryl methyl sites for hydroxylation is 1. The van der Waals surface area contributed by atoms with E-state index in [1.807, 2.05) is 12.1 Å². The Balaban J connectivity index is 1.63. The minimum Gasteiger partial charge on any atom is -0.387 e. The molecule has 146 valence electrons. The predicted octanol–water partition coefficient (Wildman–Crippen LogP) is 2.53. The number of carbonyl (C=O) groups is 2. The Morgan fingerprint density at radius 1 is 1.07 bits per heavy atom. The number of hydrogen-bond acceptors (Lipinski definition) is 3. The fourth-order valence-electron chi connectivity index (χ4n) is 5.48. The van der Waals surface area contributed by atoms with Gasteiger partial charge < -0.3 is 14.9 Å². The molecule has 2 aliphatic heterocycles. The summed E-state index contributed by atoms with van der Waals surface area (Å²) in [6, 6.07) is 8.37. The number of carbonyl (C=O) groups excluding carboxylic acids is 2. The van der Waals surface area contributed by atoms with Crippen LogP contribution < -0.4 is 0 Å². The second kappa shape index (κ2) is 7.63. The molecule has 3 aliphatic rings. The predicted molar refractivity (Wildman–Crippen MR) is 103 cm³/mol. The molecule has 3 atom stereocenters. The second-order valence-electron chi connectivity index (χ2n) is 8.51. The smallest absolute Gasteiger partial charge is 0.248 e. The van der Waals surface area contributed by atoms with Crippen LogP contribution in [0.25, 0.3) is 0 Å². The van der Waals surface area contributed by atoms with E-state index in [2.05, 4.69) is 24.0 Å². The third-order valence-corrected chi connectivity index (χ3v) is 6.90. The van der Waals surface area contributed by atoms with Crippen molar-refractivity contribution < 1.29 is 14.7 Å². The molecule has 2 saturated heterocycles. The molecular weight excluding hydrogens is 340 g/mol. The van der Waals surface area contributed by atoms with E-state index >= 15 is 0 Å². The lowest BCUT2D eigenvalue weighted by molar-refractivity contribution is -0.138. The molecule has 5 heteroatoms. The van der Waals surface area contributed by atoms with Crippen molar-refractivity contribution in [2.75, 3.05) is 26.2 Å². The molecule has 0 aromatic heterocycles. The molecule has 27 heavy (non-hydrogen) atoms. The molecule has 0 spiro atoms. The first kappa shape index (κ1) is 18.5. The van der Waals surface area contributed by atoms with Crippen molar-refractivity contribution in [2.45, 2.75) is 45.1 Å². The van der Waals surface area contributed by atoms with Crippen molar-refractivity contribution in [3.63, 3.8) is 0 Å². The van der Waals surface area contributed by atoms with Crippen LogP contribution in [0.15, 0.2) is 24.3 Å². The number of nitrogens with zero attached hydrogens (tertiary/aromatic N) is 2. The van der Waals surface area contributed by atoms with Crippen LogP contribution in [0.4, 0.5) is 0 Å². The first-order valence-corrected chi connectivity index (χ1v) is 10.3. The highest BCUT2D eigenvalue weighted by molar-refractivity contribution is 5.80. The van der Waals surface area contributed by atoms with Gasteiger partial charge in [-0.2, -0.15) is 0 Å². The maximum Gasteiger partial charge on any atom is 0.248 e. The van der Waals surface area contributed by atoms with E-state index in [0.29, 0.717) is 24.9 Å². The summed E-state index contributed by atoms with van der Waals surface area (Å²) < 4.78 is 0. The number of hydrogen-bond donors (Lipinski definition) is 1. The molecule has 0 bridgehead atoms. The largest absolute Gasteiger partial charge is 0.387 e. The molecule has 0 radical (unpaired) electrons. The van der Waals surface area contributed by atoms with Gasteiger partial charge in [0, 0.05) is 37.4 Å². The summed E-state index contributed by atoms with van der Waals surface area (Å²) >= 11 is 0. The Labute approximate surface area is 161 Å². The second-order valence-corrected chi connectivity index (χ2v) is 8.51. The summed E-state index contributed by atoms with van der Waals surface area (Å²) in [5.41, 5.74) is 2.42. The van der Waals surface area contributed by atoms with Crippen LogP contribution in [0.1, 0.15) is 49.3 Å². The van der Waals surface area contributed by atoms with Crippen molar-refractivity contribution in [1.82, 2.24) is 9.80 Å². The van der Waals surface area contributed by atoms with Crippen LogP contribution in [0.2, 0.25) is 0 Å². The minimum atomic E-state index is -0.431. The molecule has 1 saturated carbocycles. The van der Waals surface area contributed by atoms with Crippen LogP contribution >= 0.6 is 0 Å². The van der Waals surface area contributed by atoms with Gasteiger partial charge in [-0.25, -0.2) is 0 Å². The first-order chi connectivity index (χ1) is 13.1. The van der Waals surface area contributed by atoms with Gasteiger partial charge in [-0.1, -0.05) is 43.5 Å². The van der Waals surface area contributed by atoms with Crippen molar-refractivity contribution in [3.05, 3.63) is 35.4 Å². The highest BCUT2D eigenvalue weighted by Crippen LogP contribution is 2.47. The Morgan fingerprint density at radius 3 is 2.52 bits per heavy atom. The van der Waals surface area contributed by atoms with E-state index in [1.165, 1.54) is 17.5 Å². The molecule has 1 N–H and O–H groups in total. The number of fused-ring (bicyclic) bond motifs is 1. The quantitative estimate of drug-likeness (QED) is 0.889. The number of amides is 2. The van der Waals surface area contributed by atoms with E-state index < -0.39 is 6.61 Å². The zero-order chi connectivity index (χ0) is 19.0. The van der Waals surface area contributed by atoms with Crippen LogP contribution in [0.3, 0.4) is 0 Å². The molecule has 0 unspecified atom stereocenters. The van der Waals surface area contributed by atoms with Crippen molar-refractivity contribution in [3.8, 4) is 0 Å². The normalized spacial score (nSPS) is 28.4. The maximum atomic E-state index is 13.4. The van der Waals surface area contributed by atoms with Gasteiger partial charge in [0.05, 0.1) is 6.04 Å². The number of aliphatic hydroxyl groups is 1. The van der Waals surface area contributed by atoms with E-state index in [-0.39, 0.29) is 23.8 Å². The Morgan fingerprint density at radius 2 is 1.81 bits per heavy atom. The van der Waals surface area contributed by atoms with Gasteiger partial charge in [-0.15, -0.1) is 0 Å². The lowest BCUT2D eigenvalue weighted by atomic mass is 9.86. The lowest BCUT2D eigenvalue weighted by Gasteiger charge is -2.34. The molecule has 5 nitrogen and oxygen atoms in total. The van der Waals surface area contributed by atoms with Crippen LogP contribution in [0.5, 0.6) is 0 Å². The average Bonchev–Trinajstić information content (AvgIpc) is 3.26. The Kier molecular flexibility index (Phi) is 5.22. The average molecular weight is 370 g/mol. The third kappa shape index (κ3) is 3.38. The fourth-order valence-corrected chi connectivity index (χ4v) is 5.48. The van der Waals surface area contributed by atoms with E-state index in [9.17, 15) is 14.7 Å². The van der Waals surface area contributed by atoms with Gasteiger partial charge in [0.2, 0.25) is 11.8 Å². The zero-order valence-electron chi connectivity index (χ0n) is 16.1. The Bertz CT molecular complexity index is 713. The molecule has 3 fully saturated rings. The van der Waals surface area contributed by atoms with Crippen LogP contribution in [-0.2, 0) is 9.59 Å². The van der Waals surface area contributed by atoms with Gasteiger partial charge in [-0.05, 0) is 30.9 Å². The fraction of sp³-hybridized carbons (Fsp3) is 0.636. The molecular formula is C22H30N2O3. The SMILES string of the molecule is Cc1ccccc1[C@@H]1[C@H]2CN(C(=O)CO)C[C@H]2CN1C(=O)C1CCCCC1. The monoisotopic (exact) mass is 370 g/mol. The molecule has 2 heterocycles. The number of benzene rings is 1. The number of rotatable bonds is 3. The van der Waals surface area contributed by atoms with Gasteiger partial charge >= 0.3 is 0 Å². The van der Waals surface area contributed by atoms with Crippen molar-refractivity contribution in [1.29, 1.82) is 0 Å². The van der Waals surface area contributed by atoms with Gasteiger partial charge in [0.25, 0.3) is 0 Å². The van der Waals surface area contributed by atoms with E-state index in [4.69, 9.17) is 0 Å². The molecule has 1 aromatic rings. The van der Waals surface area contributed by atoms with Gasteiger partial charge in [0.15, 0.2) is 0 Å². The lowest BCUT2D eigenvalue weighted by Crippen LogP contribution is -2.41. The molecule has 1 aliphatic carbocycles. The summed E-state index contributed by atoms with van der Waals surface area (Å²) in [6.07, 6.45) is 5.59.